The molecule has 124 valence electrons. The summed E-state index contributed by atoms with van der Waals surface area (Å²) in [7, 11) is 0. The Morgan fingerprint density at radius 3 is 1.29 bits per heavy atom. The Balaban J connectivity index is 2.72. The van der Waals surface area contributed by atoms with Crippen molar-refractivity contribution in [2.75, 3.05) is 13.2 Å². The summed E-state index contributed by atoms with van der Waals surface area (Å²) in [6, 6.07) is 18.0. The van der Waals surface area contributed by atoms with Crippen molar-refractivity contribution in [3.63, 3.8) is 0 Å². The van der Waals surface area contributed by atoms with Gasteiger partial charge in [-0.1, -0.05) is 60.7 Å². The first kappa shape index (κ1) is 17.5. The smallest absolute Gasteiger partial charge is 0.339 e. The third-order valence-corrected chi connectivity index (χ3v) is 3.33. The molecule has 0 saturated carbocycles. The van der Waals surface area contributed by atoms with E-state index in [1.165, 1.54) is 0 Å². The highest BCUT2D eigenvalue weighted by Gasteiger charge is 2.25. The molecule has 0 aliphatic rings. The van der Waals surface area contributed by atoms with Gasteiger partial charge in [-0.05, 0) is 25.0 Å². The Morgan fingerprint density at radius 1 is 0.667 bits per heavy atom. The molecule has 0 saturated heterocycles. The average molecular weight is 324 g/mol. The fourth-order valence-electron chi connectivity index (χ4n) is 2.34. The minimum Gasteiger partial charge on any atom is -0.462 e. The third-order valence-electron chi connectivity index (χ3n) is 3.33. The van der Waals surface area contributed by atoms with E-state index >= 15 is 0 Å². The number of carbonyl (C=O) groups excluding carboxylic acids is 2. The molecule has 0 fully saturated rings. The van der Waals surface area contributed by atoms with Crippen LogP contribution in [0.15, 0.2) is 60.7 Å². The fraction of sp³-hybridized carbons (Fsp3) is 0.200. The van der Waals surface area contributed by atoms with Gasteiger partial charge in [-0.3, -0.25) is 0 Å². The Morgan fingerprint density at radius 2 is 1.00 bits per heavy atom. The van der Waals surface area contributed by atoms with Crippen LogP contribution in [0, 0.1) is 0 Å². The number of hydrogen-bond donors (Lipinski definition) is 0. The van der Waals surface area contributed by atoms with Crippen LogP contribution in [0.4, 0.5) is 0 Å². The van der Waals surface area contributed by atoms with Gasteiger partial charge in [-0.15, -0.1) is 0 Å². The van der Waals surface area contributed by atoms with Crippen LogP contribution in [-0.2, 0) is 19.1 Å². The third kappa shape index (κ3) is 4.10. The molecule has 2 aromatic rings. The zero-order chi connectivity index (χ0) is 17.4. The number of carbonyl (C=O) groups is 2. The van der Waals surface area contributed by atoms with E-state index in [9.17, 15) is 9.59 Å². The van der Waals surface area contributed by atoms with Gasteiger partial charge in [0, 0.05) is 0 Å². The highest BCUT2D eigenvalue weighted by Crippen LogP contribution is 2.29. The summed E-state index contributed by atoms with van der Waals surface area (Å²) in [4.78, 5) is 25.2. The SMILES string of the molecule is CCOC(=O)/C(=C(/C(=O)OCC)c1ccccc1)c1ccccc1. The Hall–Kier alpha value is -2.88. The van der Waals surface area contributed by atoms with Gasteiger partial charge < -0.3 is 9.47 Å². The van der Waals surface area contributed by atoms with E-state index in [0.29, 0.717) is 11.1 Å². The van der Waals surface area contributed by atoms with Gasteiger partial charge in [0.1, 0.15) is 0 Å². The second-order valence-corrected chi connectivity index (χ2v) is 4.92. The van der Waals surface area contributed by atoms with Gasteiger partial charge in [0.05, 0.1) is 24.4 Å². The molecule has 2 aromatic carbocycles. The molecule has 0 radical (unpaired) electrons. The Kier molecular flexibility index (Phi) is 6.32. The summed E-state index contributed by atoms with van der Waals surface area (Å²) >= 11 is 0. The summed E-state index contributed by atoms with van der Waals surface area (Å²) in [5.74, 6) is -1.09. The molecule has 0 aliphatic heterocycles. The summed E-state index contributed by atoms with van der Waals surface area (Å²) in [6.07, 6.45) is 0. The van der Waals surface area contributed by atoms with Gasteiger partial charge in [0.2, 0.25) is 0 Å². The molecule has 4 heteroatoms. The lowest BCUT2D eigenvalue weighted by atomic mass is 9.94. The second-order valence-electron chi connectivity index (χ2n) is 4.92. The van der Waals surface area contributed by atoms with E-state index in [-0.39, 0.29) is 24.4 Å². The maximum atomic E-state index is 12.6. The van der Waals surface area contributed by atoms with E-state index in [0.717, 1.165) is 0 Å². The van der Waals surface area contributed by atoms with Crippen molar-refractivity contribution in [3.8, 4) is 0 Å². The minimum atomic E-state index is -0.546. The van der Waals surface area contributed by atoms with E-state index in [2.05, 4.69) is 0 Å². The van der Waals surface area contributed by atoms with Gasteiger partial charge in [-0.25, -0.2) is 9.59 Å². The predicted octanol–water partition coefficient (Wildman–Crippen LogP) is 3.72. The molecule has 0 aromatic heterocycles. The van der Waals surface area contributed by atoms with Gasteiger partial charge in [-0.2, -0.15) is 0 Å². The largest absolute Gasteiger partial charge is 0.462 e. The number of benzene rings is 2. The lowest BCUT2D eigenvalue weighted by Gasteiger charge is -2.14. The van der Waals surface area contributed by atoms with Crippen LogP contribution in [-0.4, -0.2) is 25.2 Å². The van der Waals surface area contributed by atoms with Crippen LogP contribution in [0.2, 0.25) is 0 Å². The zero-order valence-electron chi connectivity index (χ0n) is 13.8. The van der Waals surface area contributed by atoms with Crippen LogP contribution in [0.3, 0.4) is 0 Å². The number of rotatable bonds is 6. The molecule has 4 nitrogen and oxygen atoms in total. The van der Waals surface area contributed by atoms with Crippen LogP contribution in [0.25, 0.3) is 11.1 Å². The first-order valence-corrected chi connectivity index (χ1v) is 7.88. The average Bonchev–Trinajstić information content (AvgIpc) is 2.61. The number of esters is 2. The van der Waals surface area contributed by atoms with Crippen molar-refractivity contribution in [1.29, 1.82) is 0 Å². The highest BCUT2D eigenvalue weighted by atomic mass is 16.5. The van der Waals surface area contributed by atoms with Crippen LogP contribution >= 0.6 is 0 Å². The number of ether oxygens (including phenoxy) is 2. The standard InChI is InChI=1S/C20H20O4/c1-3-23-19(21)17(15-11-7-5-8-12-15)18(20(22)24-4-2)16-13-9-6-10-14-16/h5-14H,3-4H2,1-2H3/b18-17+. The first-order chi connectivity index (χ1) is 11.7. The molecule has 0 spiro atoms. The van der Waals surface area contributed by atoms with Crippen LogP contribution < -0.4 is 0 Å². The number of hydrogen-bond acceptors (Lipinski definition) is 4. The molecule has 0 aliphatic carbocycles. The summed E-state index contributed by atoms with van der Waals surface area (Å²) < 4.78 is 10.4. The van der Waals surface area contributed by atoms with Crippen molar-refractivity contribution < 1.29 is 19.1 Å². The van der Waals surface area contributed by atoms with E-state index in [1.807, 2.05) is 36.4 Å². The molecule has 0 unspecified atom stereocenters. The van der Waals surface area contributed by atoms with E-state index in [4.69, 9.17) is 9.47 Å². The highest BCUT2D eigenvalue weighted by molar-refractivity contribution is 6.37. The maximum absolute atomic E-state index is 12.6. The molecule has 2 rings (SSSR count). The van der Waals surface area contributed by atoms with Crippen molar-refractivity contribution in [3.05, 3.63) is 71.8 Å². The van der Waals surface area contributed by atoms with Crippen molar-refractivity contribution in [2.45, 2.75) is 13.8 Å². The lowest BCUT2D eigenvalue weighted by molar-refractivity contribution is -0.138. The maximum Gasteiger partial charge on any atom is 0.339 e. The summed E-state index contributed by atoms with van der Waals surface area (Å²) in [6.45, 7) is 3.90. The van der Waals surface area contributed by atoms with Crippen LogP contribution in [0.1, 0.15) is 25.0 Å². The Labute approximate surface area is 141 Å². The molecular formula is C20H20O4. The predicted molar refractivity (Wildman–Crippen MR) is 93.0 cm³/mol. The van der Waals surface area contributed by atoms with Gasteiger partial charge in [0.25, 0.3) is 0 Å². The molecule has 0 N–H and O–H groups in total. The molecule has 0 atom stereocenters. The minimum absolute atomic E-state index is 0.210. The van der Waals surface area contributed by atoms with E-state index in [1.54, 1.807) is 38.1 Å². The Bertz CT molecular complexity index is 654. The monoisotopic (exact) mass is 324 g/mol. The summed E-state index contributed by atoms with van der Waals surface area (Å²) in [5.41, 5.74) is 1.65. The second kappa shape index (κ2) is 8.67. The first-order valence-electron chi connectivity index (χ1n) is 7.88. The topological polar surface area (TPSA) is 52.6 Å². The van der Waals surface area contributed by atoms with Crippen molar-refractivity contribution in [1.82, 2.24) is 0 Å². The molecule has 0 heterocycles. The van der Waals surface area contributed by atoms with Gasteiger partial charge in [0.15, 0.2) is 0 Å². The summed E-state index contributed by atoms with van der Waals surface area (Å²) in [5, 5.41) is 0. The lowest BCUT2D eigenvalue weighted by Crippen LogP contribution is -2.15. The van der Waals surface area contributed by atoms with Gasteiger partial charge >= 0.3 is 11.9 Å². The quantitative estimate of drug-likeness (QED) is 0.462. The van der Waals surface area contributed by atoms with Crippen LogP contribution in [0.5, 0.6) is 0 Å². The van der Waals surface area contributed by atoms with Crippen molar-refractivity contribution in [2.24, 2.45) is 0 Å². The normalized spacial score (nSPS) is 11.4. The zero-order valence-corrected chi connectivity index (χ0v) is 13.8. The van der Waals surface area contributed by atoms with Crippen molar-refractivity contribution >= 4 is 23.1 Å². The molecule has 24 heavy (non-hydrogen) atoms. The van der Waals surface area contributed by atoms with E-state index < -0.39 is 11.9 Å². The molecule has 0 amide bonds. The molecular weight excluding hydrogens is 304 g/mol. The fourth-order valence-corrected chi connectivity index (χ4v) is 2.34. The molecule has 0 bridgehead atoms.